The Balaban J connectivity index is 2.10. The van der Waals surface area contributed by atoms with Gasteiger partial charge in [-0.2, -0.15) is 11.8 Å². The van der Waals surface area contributed by atoms with E-state index >= 15 is 0 Å². The molecule has 1 aromatic carbocycles. The zero-order valence-corrected chi connectivity index (χ0v) is 13.5. The van der Waals surface area contributed by atoms with Crippen LogP contribution in [0.15, 0.2) is 12.1 Å². The fourth-order valence-corrected chi connectivity index (χ4v) is 4.20. The third-order valence-corrected chi connectivity index (χ3v) is 5.68. The number of benzene rings is 1. The molecule has 1 aliphatic rings. The Labute approximate surface area is 136 Å². The molecule has 1 aliphatic heterocycles. The number of halogens is 2. The third kappa shape index (κ3) is 3.00. The molecule has 21 heavy (non-hydrogen) atoms. The molecule has 2 heterocycles. The molecule has 112 valence electrons. The van der Waals surface area contributed by atoms with Gasteiger partial charge in [-0.05, 0) is 30.7 Å². The van der Waals surface area contributed by atoms with Gasteiger partial charge in [0.05, 0.1) is 32.7 Å². The van der Waals surface area contributed by atoms with Crippen molar-refractivity contribution in [3.8, 4) is 0 Å². The van der Waals surface area contributed by atoms with Crippen LogP contribution in [0.2, 0.25) is 10.0 Å². The monoisotopic (exact) mass is 344 g/mol. The van der Waals surface area contributed by atoms with Gasteiger partial charge in [0.15, 0.2) is 0 Å². The van der Waals surface area contributed by atoms with Crippen LogP contribution in [0.1, 0.15) is 30.3 Å². The average Bonchev–Trinajstić information content (AvgIpc) is 3.04. The lowest BCUT2D eigenvalue weighted by atomic mass is 10.2. The Morgan fingerprint density at radius 1 is 1.43 bits per heavy atom. The van der Waals surface area contributed by atoms with Crippen LogP contribution in [-0.2, 0) is 11.3 Å². The number of hydrogen-bond donors (Lipinski definition) is 1. The number of aliphatic carboxylic acids is 1. The Hall–Kier alpha value is -0.910. The van der Waals surface area contributed by atoms with Crippen LogP contribution in [0.4, 0.5) is 0 Å². The highest BCUT2D eigenvalue weighted by molar-refractivity contribution is 7.99. The molecule has 1 fully saturated rings. The standard InChI is InChI=1S/C14H14Cl2N2O2S/c15-8-6-10-11(7-9(8)16)18(4-3-13(19)20)14(17-10)12-2-1-5-21-12/h6-7,12H,1-5H2,(H,19,20). The zero-order valence-electron chi connectivity index (χ0n) is 11.2. The van der Waals surface area contributed by atoms with Crippen molar-refractivity contribution in [2.24, 2.45) is 0 Å². The number of imidazole rings is 1. The molecular formula is C14H14Cl2N2O2S. The number of carboxylic acids is 1. The van der Waals surface area contributed by atoms with E-state index < -0.39 is 5.97 Å². The van der Waals surface area contributed by atoms with Crippen LogP contribution >= 0.6 is 35.0 Å². The van der Waals surface area contributed by atoms with E-state index in [1.165, 1.54) is 6.42 Å². The van der Waals surface area contributed by atoms with Crippen LogP contribution in [0.3, 0.4) is 0 Å². The van der Waals surface area contributed by atoms with Crippen LogP contribution < -0.4 is 0 Å². The van der Waals surface area contributed by atoms with E-state index in [0.717, 1.165) is 29.0 Å². The van der Waals surface area contributed by atoms with Gasteiger partial charge in [-0.1, -0.05) is 23.2 Å². The van der Waals surface area contributed by atoms with Crippen molar-refractivity contribution in [3.63, 3.8) is 0 Å². The molecule has 7 heteroatoms. The number of rotatable bonds is 4. The number of nitrogens with zero attached hydrogens (tertiary/aromatic N) is 2. The van der Waals surface area contributed by atoms with Gasteiger partial charge in [0.1, 0.15) is 5.82 Å². The first-order chi connectivity index (χ1) is 10.1. The predicted octanol–water partition coefficient (Wildman–Crippen LogP) is 4.39. The smallest absolute Gasteiger partial charge is 0.305 e. The molecule has 0 amide bonds. The van der Waals surface area contributed by atoms with Crippen molar-refractivity contribution in [1.82, 2.24) is 9.55 Å². The molecule has 1 atom stereocenters. The molecule has 1 unspecified atom stereocenters. The van der Waals surface area contributed by atoms with Crippen LogP contribution in [0.25, 0.3) is 11.0 Å². The molecule has 1 saturated heterocycles. The zero-order chi connectivity index (χ0) is 15.0. The number of fused-ring (bicyclic) bond motifs is 1. The average molecular weight is 345 g/mol. The van der Waals surface area contributed by atoms with E-state index in [1.807, 2.05) is 16.3 Å². The van der Waals surface area contributed by atoms with Crippen LogP contribution in [0, 0.1) is 0 Å². The van der Waals surface area contributed by atoms with Gasteiger partial charge in [-0.15, -0.1) is 0 Å². The van der Waals surface area contributed by atoms with Gasteiger partial charge in [0.2, 0.25) is 0 Å². The highest BCUT2D eigenvalue weighted by Gasteiger charge is 2.25. The molecule has 4 nitrogen and oxygen atoms in total. The van der Waals surface area contributed by atoms with Crippen LogP contribution in [0.5, 0.6) is 0 Å². The van der Waals surface area contributed by atoms with Crippen molar-refractivity contribution >= 4 is 52.0 Å². The van der Waals surface area contributed by atoms with Crippen molar-refractivity contribution < 1.29 is 9.90 Å². The van der Waals surface area contributed by atoms with Gasteiger partial charge < -0.3 is 9.67 Å². The Kier molecular flexibility index (Phi) is 4.33. The number of carboxylic acid groups (broad SMARTS) is 1. The maximum Gasteiger partial charge on any atom is 0.305 e. The topological polar surface area (TPSA) is 55.1 Å². The number of aryl methyl sites for hydroxylation is 1. The minimum absolute atomic E-state index is 0.0656. The summed E-state index contributed by atoms with van der Waals surface area (Å²) >= 11 is 14.0. The summed E-state index contributed by atoms with van der Waals surface area (Å²) < 4.78 is 1.98. The molecule has 2 aromatic rings. The van der Waals surface area contributed by atoms with Crippen molar-refractivity contribution in [1.29, 1.82) is 0 Å². The molecule has 0 radical (unpaired) electrons. The normalized spacial score (nSPS) is 18.5. The highest BCUT2D eigenvalue weighted by atomic mass is 35.5. The molecule has 0 spiro atoms. The summed E-state index contributed by atoms with van der Waals surface area (Å²) in [6.07, 6.45) is 2.30. The minimum Gasteiger partial charge on any atom is -0.481 e. The number of thioether (sulfide) groups is 1. The maximum absolute atomic E-state index is 10.9. The number of aromatic nitrogens is 2. The summed E-state index contributed by atoms with van der Waals surface area (Å²) in [5.74, 6) is 1.24. The quantitative estimate of drug-likeness (QED) is 0.893. The summed E-state index contributed by atoms with van der Waals surface area (Å²) in [5, 5.41) is 10.2. The first kappa shape index (κ1) is 15.0. The van der Waals surface area contributed by atoms with Gasteiger partial charge in [-0.25, -0.2) is 4.98 Å². The summed E-state index contributed by atoms with van der Waals surface area (Å²) in [6.45, 7) is 0.399. The largest absolute Gasteiger partial charge is 0.481 e. The van der Waals surface area contributed by atoms with Crippen molar-refractivity contribution in [2.75, 3.05) is 5.75 Å². The second kappa shape index (κ2) is 6.07. The van der Waals surface area contributed by atoms with Gasteiger partial charge in [-0.3, -0.25) is 4.79 Å². The summed E-state index contributed by atoms with van der Waals surface area (Å²) in [5.41, 5.74) is 1.63. The SMILES string of the molecule is O=C(O)CCn1c(C2CCCS2)nc2cc(Cl)c(Cl)cc21. The molecule has 1 aromatic heterocycles. The lowest BCUT2D eigenvalue weighted by Gasteiger charge is -2.12. The first-order valence-electron chi connectivity index (χ1n) is 6.75. The predicted molar refractivity (Wildman–Crippen MR) is 86.4 cm³/mol. The minimum atomic E-state index is -0.818. The van der Waals surface area contributed by atoms with E-state index in [0.29, 0.717) is 21.8 Å². The number of hydrogen-bond acceptors (Lipinski definition) is 3. The summed E-state index contributed by atoms with van der Waals surface area (Å²) in [4.78, 5) is 15.6. The van der Waals surface area contributed by atoms with E-state index in [-0.39, 0.29) is 6.42 Å². The van der Waals surface area contributed by atoms with Gasteiger partial charge >= 0.3 is 5.97 Å². The molecule has 1 N–H and O–H groups in total. The summed E-state index contributed by atoms with van der Waals surface area (Å²) in [6, 6.07) is 3.52. The molecular weight excluding hydrogens is 331 g/mol. The van der Waals surface area contributed by atoms with Crippen LogP contribution in [-0.4, -0.2) is 26.4 Å². The maximum atomic E-state index is 10.9. The Bertz CT molecular complexity index is 696. The first-order valence-corrected chi connectivity index (χ1v) is 8.55. The molecule has 0 bridgehead atoms. The summed E-state index contributed by atoms with van der Waals surface area (Å²) in [7, 11) is 0. The van der Waals surface area contributed by atoms with E-state index in [1.54, 1.807) is 12.1 Å². The Morgan fingerprint density at radius 2 is 2.19 bits per heavy atom. The van der Waals surface area contributed by atoms with Crippen molar-refractivity contribution in [2.45, 2.75) is 31.1 Å². The third-order valence-electron chi connectivity index (χ3n) is 3.59. The lowest BCUT2D eigenvalue weighted by Crippen LogP contribution is -2.09. The van der Waals surface area contributed by atoms with E-state index in [9.17, 15) is 4.79 Å². The second-order valence-electron chi connectivity index (χ2n) is 5.02. The molecule has 0 aliphatic carbocycles. The molecule has 0 saturated carbocycles. The fraction of sp³-hybridized carbons (Fsp3) is 0.429. The van der Waals surface area contributed by atoms with E-state index in [4.69, 9.17) is 28.3 Å². The molecule has 3 rings (SSSR count). The Morgan fingerprint density at radius 3 is 2.86 bits per heavy atom. The highest BCUT2D eigenvalue weighted by Crippen LogP contribution is 2.41. The lowest BCUT2D eigenvalue weighted by molar-refractivity contribution is -0.137. The van der Waals surface area contributed by atoms with Crippen molar-refractivity contribution in [3.05, 3.63) is 28.0 Å². The number of carbonyl (C=O) groups is 1. The second-order valence-corrected chi connectivity index (χ2v) is 7.15. The fourth-order valence-electron chi connectivity index (χ4n) is 2.61. The van der Waals surface area contributed by atoms with E-state index in [2.05, 4.69) is 4.98 Å². The van der Waals surface area contributed by atoms with Gasteiger partial charge in [0, 0.05) is 6.54 Å². The van der Waals surface area contributed by atoms with Gasteiger partial charge in [0.25, 0.3) is 0 Å².